The second-order valence-corrected chi connectivity index (χ2v) is 4.65. The molecule has 0 spiro atoms. The first-order chi connectivity index (χ1) is 5.95. The van der Waals surface area contributed by atoms with Crippen molar-refractivity contribution in [3.05, 3.63) is 12.2 Å². The Morgan fingerprint density at radius 3 is 2.46 bits per heavy atom. The summed E-state index contributed by atoms with van der Waals surface area (Å²) in [4.78, 5) is 0. The molecule has 0 fully saturated rings. The van der Waals surface area contributed by atoms with Crippen LogP contribution in [0.1, 0.15) is 34.1 Å². The lowest BCUT2D eigenvalue weighted by atomic mass is 9.89. The fourth-order valence-electron chi connectivity index (χ4n) is 1.23. The van der Waals surface area contributed by atoms with Gasteiger partial charge in [0.25, 0.3) is 0 Å². The van der Waals surface area contributed by atoms with Gasteiger partial charge in [0.2, 0.25) is 0 Å². The fourth-order valence-corrected chi connectivity index (χ4v) is 1.23. The molecular formula is C11H23NO. The van der Waals surface area contributed by atoms with E-state index in [1.54, 1.807) is 0 Å². The van der Waals surface area contributed by atoms with Crippen LogP contribution in [-0.2, 0) is 0 Å². The lowest BCUT2D eigenvalue weighted by molar-refractivity contribution is 0.121. The van der Waals surface area contributed by atoms with Crippen molar-refractivity contribution in [2.24, 2.45) is 5.41 Å². The summed E-state index contributed by atoms with van der Waals surface area (Å²) in [6.07, 6.45) is 4.66. The van der Waals surface area contributed by atoms with Crippen LogP contribution in [0.2, 0.25) is 0 Å². The summed E-state index contributed by atoms with van der Waals surface area (Å²) in [6.45, 7) is 9.94. The van der Waals surface area contributed by atoms with Crippen molar-refractivity contribution in [1.29, 1.82) is 0 Å². The Morgan fingerprint density at radius 1 is 1.38 bits per heavy atom. The first-order valence-electron chi connectivity index (χ1n) is 4.95. The molecule has 0 saturated carbocycles. The molecule has 0 aliphatic heterocycles. The lowest BCUT2D eigenvalue weighted by Gasteiger charge is -2.22. The van der Waals surface area contributed by atoms with Gasteiger partial charge in [-0.25, -0.2) is 0 Å². The Kier molecular flexibility index (Phi) is 6.00. The van der Waals surface area contributed by atoms with Gasteiger partial charge in [-0.3, -0.25) is 0 Å². The summed E-state index contributed by atoms with van der Waals surface area (Å²) in [5.41, 5.74) is 0.210. The molecule has 0 bridgehead atoms. The summed E-state index contributed by atoms with van der Waals surface area (Å²) in [5.74, 6) is 0. The standard InChI is InChI=1S/C11H23NO/c1-5-6-7-12-9-10(13)8-11(2,3)4/h5-6,10,12-13H,7-9H2,1-4H3/b6-5+. The zero-order valence-electron chi connectivity index (χ0n) is 9.30. The molecule has 1 atom stereocenters. The van der Waals surface area contributed by atoms with Gasteiger partial charge in [0.05, 0.1) is 6.10 Å². The predicted molar refractivity (Wildman–Crippen MR) is 57.8 cm³/mol. The maximum Gasteiger partial charge on any atom is 0.0669 e. The Balaban J connectivity index is 3.46. The van der Waals surface area contributed by atoms with E-state index >= 15 is 0 Å². The summed E-state index contributed by atoms with van der Waals surface area (Å²) in [5, 5.41) is 12.8. The summed E-state index contributed by atoms with van der Waals surface area (Å²) < 4.78 is 0. The summed E-state index contributed by atoms with van der Waals surface area (Å²) >= 11 is 0. The number of aliphatic hydroxyl groups is 1. The molecule has 0 heterocycles. The molecule has 2 heteroatoms. The van der Waals surface area contributed by atoms with Crippen LogP contribution in [0, 0.1) is 5.41 Å². The third-order valence-electron chi connectivity index (χ3n) is 1.73. The monoisotopic (exact) mass is 185 g/mol. The van der Waals surface area contributed by atoms with Gasteiger partial charge in [-0.1, -0.05) is 32.9 Å². The number of allylic oxidation sites excluding steroid dienone is 1. The van der Waals surface area contributed by atoms with E-state index in [9.17, 15) is 5.11 Å². The lowest BCUT2D eigenvalue weighted by Crippen LogP contribution is -2.30. The second-order valence-electron chi connectivity index (χ2n) is 4.65. The number of rotatable bonds is 5. The largest absolute Gasteiger partial charge is 0.392 e. The predicted octanol–water partition coefficient (Wildman–Crippen LogP) is 1.95. The normalized spacial score (nSPS) is 15.2. The average molecular weight is 185 g/mol. The van der Waals surface area contributed by atoms with Crippen LogP contribution in [0.25, 0.3) is 0 Å². The quantitative estimate of drug-likeness (QED) is 0.507. The molecule has 2 nitrogen and oxygen atoms in total. The van der Waals surface area contributed by atoms with Gasteiger partial charge in [-0.2, -0.15) is 0 Å². The fraction of sp³-hybridized carbons (Fsp3) is 0.818. The maximum atomic E-state index is 9.60. The smallest absolute Gasteiger partial charge is 0.0669 e. The van der Waals surface area contributed by atoms with E-state index in [-0.39, 0.29) is 11.5 Å². The van der Waals surface area contributed by atoms with Gasteiger partial charge in [0, 0.05) is 13.1 Å². The van der Waals surface area contributed by atoms with E-state index < -0.39 is 0 Å². The molecule has 13 heavy (non-hydrogen) atoms. The number of hydrogen-bond acceptors (Lipinski definition) is 2. The van der Waals surface area contributed by atoms with E-state index in [1.807, 2.05) is 19.1 Å². The molecule has 0 aliphatic carbocycles. The molecule has 0 aromatic rings. The van der Waals surface area contributed by atoms with Crippen LogP contribution in [0.5, 0.6) is 0 Å². The van der Waals surface area contributed by atoms with E-state index in [0.717, 1.165) is 13.0 Å². The van der Waals surface area contributed by atoms with E-state index in [2.05, 4.69) is 26.1 Å². The highest BCUT2D eigenvalue weighted by atomic mass is 16.3. The Morgan fingerprint density at radius 2 is 2.00 bits per heavy atom. The maximum absolute atomic E-state index is 9.60. The van der Waals surface area contributed by atoms with Crippen LogP contribution in [-0.4, -0.2) is 24.3 Å². The second kappa shape index (κ2) is 6.17. The highest BCUT2D eigenvalue weighted by Crippen LogP contribution is 2.20. The van der Waals surface area contributed by atoms with Crippen molar-refractivity contribution < 1.29 is 5.11 Å². The zero-order chi connectivity index (χ0) is 10.3. The minimum Gasteiger partial charge on any atom is -0.392 e. The first kappa shape index (κ1) is 12.7. The molecule has 0 radical (unpaired) electrons. The van der Waals surface area contributed by atoms with Gasteiger partial charge >= 0.3 is 0 Å². The molecule has 0 saturated heterocycles. The molecule has 0 amide bonds. The molecule has 0 aromatic heterocycles. The van der Waals surface area contributed by atoms with Crippen LogP contribution >= 0.6 is 0 Å². The Bertz CT molecular complexity index is 147. The minimum absolute atomic E-state index is 0.210. The molecule has 78 valence electrons. The number of aliphatic hydroxyl groups excluding tert-OH is 1. The van der Waals surface area contributed by atoms with Crippen LogP contribution in [0.3, 0.4) is 0 Å². The van der Waals surface area contributed by atoms with E-state index in [0.29, 0.717) is 6.54 Å². The highest BCUT2D eigenvalue weighted by Gasteiger charge is 2.15. The van der Waals surface area contributed by atoms with Crippen LogP contribution in [0.15, 0.2) is 12.2 Å². The molecule has 0 rings (SSSR count). The Hall–Kier alpha value is -0.340. The number of hydrogen-bond donors (Lipinski definition) is 2. The van der Waals surface area contributed by atoms with Gasteiger partial charge in [-0.15, -0.1) is 0 Å². The molecule has 2 N–H and O–H groups in total. The van der Waals surface area contributed by atoms with Gasteiger partial charge in [0.15, 0.2) is 0 Å². The van der Waals surface area contributed by atoms with E-state index in [4.69, 9.17) is 0 Å². The minimum atomic E-state index is -0.231. The first-order valence-corrected chi connectivity index (χ1v) is 4.95. The van der Waals surface area contributed by atoms with Crippen molar-refractivity contribution >= 4 is 0 Å². The van der Waals surface area contributed by atoms with Crippen molar-refractivity contribution in [1.82, 2.24) is 5.32 Å². The van der Waals surface area contributed by atoms with E-state index in [1.165, 1.54) is 0 Å². The van der Waals surface area contributed by atoms with Gasteiger partial charge < -0.3 is 10.4 Å². The molecule has 0 aromatic carbocycles. The Labute approximate surface area is 82.0 Å². The van der Waals surface area contributed by atoms with Crippen molar-refractivity contribution in [2.75, 3.05) is 13.1 Å². The van der Waals surface area contributed by atoms with Crippen LogP contribution in [0.4, 0.5) is 0 Å². The molecular weight excluding hydrogens is 162 g/mol. The third kappa shape index (κ3) is 9.57. The van der Waals surface area contributed by atoms with Gasteiger partial charge in [0.1, 0.15) is 0 Å². The van der Waals surface area contributed by atoms with Crippen molar-refractivity contribution in [2.45, 2.75) is 40.2 Å². The topological polar surface area (TPSA) is 32.3 Å². The zero-order valence-corrected chi connectivity index (χ0v) is 9.30. The number of nitrogens with one attached hydrogen (secondary N) is 1. The highest BCUT2D eigenvalue weighted by molar-refractivity contribution is 4.80. The SMILES string of the molecule is C/C=C/CNCC(O)CC(C)(C)C. The van der Waals surface area contributed by atoms with Crippen molar-refractivity contribution in [3.63, 3.8) is 0 Å². The summed E-state index contributed by atoms with van der Waals surface area (Å²) in [6, 6.07) is 0. The summed E-state index contributed by atoms with van der Waals surface area (Å²) in [7, 11) is 0. The third-order valence-corrected chi connectivity index (χ3v) is 1.73. The average Bonchev–Trinajstić information content (AvgIpc) is 1.94. The van der Waals surface area contributed by atoms with Gasteiger partial charge in [-0.05, 0) is 18.8 Å². The molecule has 1 unspecified atom stereocenters. The van der Waals surface area contributed by atoms with Crippen LogP contribution < -0.4 is 5.32 Å². The van der Waals surface area contributed by atoms with Crippen molar-refractivity contribution in [3.8, 4) is 0 Å². The molecule has 0 aliphatic rings.